The van der Waals surface area contributed by atoms with Crippen LogP contribution in [0.5, 0.6) is 11.5 Å². The van der Waals surface area contributed by atoms with Crippen molar-refractivity contribution in [3.05, 3.63) is 82.6 Å². The summed E-state index contributed by atoms with van der Waals surface area (Å²) in [6.07, 6.45) is 2.28. The van der Waals surface area contributed by atoms with Gasteiger partial charge in [-0.05, 0) is 47.9 Å². The van der Waals surface area contributed by atoms with E-state index in [0.29, 0.717) is 35.3 Å². The van der Waals surface area contributed by atoms with Crippen LogP contribution in [0, 0.1) is 0 Å². The predicted octanol–water partition coefficient (Wildman–Crippen LogP) is 4.48. The number of carbonyl (C=O) groups excluding carboxylic acids is 2. The number of urea groups is 1. The molecule has 3 amide bonds. The Labute approximate surface area is 185 Å². The fourth-order valence-electron chi connectivity index (χ4n) is 3.39. The quantitative estimate of drug-likeness (QED) is 0.631. The fourth-order valence-corrected chi connectivity index (χ4v) is 3.57. The molecule has 0 aliphatic carbocycles. The van der Waals surface area contributed by atoms with E-state index in [9.17, 15) is 9.59 Å². The van der Waals surface area contributed by atoms with Crippen LogP contribution in [0.3, 0.4) is 0 Å². The molecule has 0 radical (unpaired) electrons. The highest BCUT2D eigenvalue weighted by atomic mass is 35.5. The molecule has 7 nitrogen and oxygen atoms in total. The molecule has 0 unspecified atom stereocenters. The highest BCUT2D eigenvalue weighted by Crippen LogP contribution is 2.28. The highest BCUT2D eigenvalue weighted by molar-refractivity contribution is 6.33. The average molecular weight is 437 g/mol. The number of aromatic nitrogens is 1. The number of ether oxygens (including phenoxy) is 1. The second-order valence-corrected chi connectivity index (χ2v) is 7.48. The molecule has 1 aliphatic heterocycles. The van der Waals surface area contributed by atoms with Crippen molar-refractivity contribution in [3.8, 4) is 11.5 Å². The Hall–Kier alpha value is -3.58. The SMILES string of the molecule is CNC(=O)c1cc(Oc2ccc3c(c2)CN(C(=O)Nc2ccccc2Cl)CC3)ccn1. The Morgan fingerprint density at radius 2 is 1.87 bits per heavy atom. The zero-order valence-electron chi connectivity index (χ0n) is 16.9. The van der Waals surface area contributed by atoms with E-state index in [1.165, 1.54) is 11.8 Å². The molecule has 0 fully saturated rings. The summed E-state index contributed by atoms with van der Waals surface area (Å²) < 4.78 is 5.93. The van der Waals surface area contributed by atoms with Crippen molar-refractivity contribution >= 4 is 29.2 Å². The normalized spacial score (nSPS) is 12.6. The summed E-state index contributed by atoms with van der Waals surface area (Å²) in [5, 5.41) is 5.90. The van der Waals surface area contributed by atoms with E-state index in [-0.39, 0.29) is 17.6 Å². The molecule has 2 heterocycles. The van der Waals surface area contributed by atoms with Gasteiger partial charge in [0.25, 0.3) is 5.91 Å². The summed E-state index contributed by atoms with van der Waals surface area (Å²) in [6, 6.07) is 16.0. The van der Waals surface area contributed by atoms with Crippen LogP contribution in [-0.2, 0) is 13.0 Å². The van der Waals surface area contributed by atoms with Gasteiger partial charge in [-0.1, -0.05) is 29.8 Å². The minimum Gasteiger partial charge on any atom is -0.457 e. The zero-order valence-corrected chi connectivity index (χ0v) is 17.6. The molecule has 0 atom stereocenters. The standard InChI is InChI=1S/C23H21ClN4O3/c1-25-22(29)21-13-18(8-10-26-21)31-17-7-6-15-9-11-28(14-16(15)12-17)23(30)27-20-5-3-2-4-19(20)24/h2-8,10,12-13H,9,11,14H2,1H3,(H,25,29)(H,27,30). The maximum Gasteiger partial charge on any atom is 0.322 e. The summed E-state index contributed by atoms with van der Waals surface area (Å²) in [5.74, 6) is 0.856. The molecular formula is C23H21ClN4O3. The molecule has 2 aromatic carbocycles. The first-order chi connectivity index (χ1) is 15.0. The summed E-state index contributed by atoms with van der Waals surface area (Å²) in [4.78, 5) is 30.3. The number of pyridine rings is 1. The second-order valence-electron chi connectivity index (χ2n) is 7.07. The van der Waals surface area contributed by atoms with E-state index in [2.05, 4.69) is 15.6 Å². The second kappa shape index (κ2) is 9.06. The average Bonchev–Trinajstić information content (AvgIpc) is 2.79. The van der Waals surface area contributed by atoms with Gasteiger partial charge >= 0.3 is 6.03 Å². The number of para-hydroxylation sites is 1. The summed E-state index contributed by atoms with van der Waals surface area (Å²) >= 11 is 6.15. The van der Waals surface area contributed by atoms with Crippen LogP contribution in [0.15, 0.2) is 60.8 Å². The van der Waals surface area contributed by atoms with Gasteiger partial charge < -0.3 is 20.3 Å². The van der Waals surface area contributed by atoms with Gasteiger partial charge in [-0.2, -0.15) is 0 Å². The Morgan fingerprint density at radius 1 is 1.06 bits per heavy atom. The van der Waals surface area contributed by atoms with E-state index < -0.39 is 0 Å². The molecule has 1 aliphatic rings. The largest absolute Gasteiger partial charge is 0.457 e. The number of anilines is 1. The molecule has 158 valence electrons. The molecule has 8 heteroatoms. The van der Waals surface area contributed by atoms with E-state index in [4.69, 9.17) is 16.3 Å². The van der Waals surface area contributed by atoms with Gasteiger partial charge in [-0.3, -0.25) is 9.78 Å². The van der Waals surface area contributed by atoms with Gasteiger partial charge in [0.15, 0.2) is 0 Å². The fraction of sp³-hybridized carbons (Fsp3) is 0.174. The number of amides is 3. The van der Waals surface area contributed by atoms with Crippen LogP contribution >= 0.6 is 11.6 Å². The third-order valence-corrected chi connectivity index (χ3v) is 5.35. The van der Waals surface area contributed by atoms with Gasteiger partial charge in [0.1, 0.15) is 17.2 Å². The smallest absolute Gasteiger partial charge is 0.322 e. The van der Waals surface area contributed by atoms with Crippen LogP contribution in [0.2, 0.25) is 5.02 Å². The number of carbonyl (C=O) groups is 2. The minimum absolute atomic E-state index is 0.200. The molecule has 1 aromatic heterocycles. The number of fused-ring (bicyclic) bond motifs is 1. The number of benzene rings is 2. The minimum atomic E-state index is -0.281. The Bertz CT molecular complexity index is 1140. The number of hydrogen-bond donors (Lipinski definition) is 2. The molecule has 0 bridgehead atoms. The maximum atomic E-state index is 12.7. The molecule has 2 N–H and O–H groups in total. The Morgan fingerprint density at radius 3 is 2.68 bits per heavy atom. The third kappa shape index (κ3) is 4.78. The van der Waals surface area contributed by atoms with Crippen LogP contribution in [0.4, 0.5) is 10.5 Å². The summed E-state index contributed by atoms with van der Waals surface area (Å²) in [6.45, 7) is 1.08. The van der Waals surface area contributed by atoms with Gasteiger partial charge in [-0.15, -0.1) is 0 Å². The first-order valence-electron chi connectivity index (χ1n) is 9.82. The number of nitrogens with one attached hydrogen (secondary N) is 2. The third-order valence-electron chi connectivity index (χ3n) is 5.02. The molecular weight excluding hydrogens is 416 g/mol. The first kappa shape index (κ1) is 20.7. The molecule has 3 aromatic rings. The highest BCUT2D eigenvalue weighted by Gasteiger charge is 2.22. The molecule has 4 rings (SSSR count). The van der Waals surface area contributed by atoms with Crippen molar-refractivity contribution in [3.63, 3.8) is 0 Å². The van der Waals surface area contributed by atoms with Crippen molar-refractivity contribution in [2.75, 3.05) is 18.9 Å². The lowest BCUT2D eigenvalue weighted by molar-refractivity contribution is 0.0958. The number of rotatable bonds is 4. The molecule has 0 saturated carbocycles. The van der Waals surface area contributed by atoms with Crippen molar-refractivity contribution < 1.29 is 14.3 Å². The Kier molecular flexibility index (Phi) is 6.04. The lowest BCUT2D eigenvalue weighted by Crippen LogP contribution is -2.38. The predicted molar refractivity (Wildman–Crippen MR) is 119 cm³/mol. The molecule has 0 spiro atoms. The van der Waals surface area contributed by atoms with Crippen molar-refractivity contribution in [1.29, 1.82) is 0 Å². The van der Waals surface area contributed by atoms with E-state index >= 15 is 0 Å². The number of hydrogen-bond acceptors (Lipinski definition) is 4. The van der Waals surface area contributed by atoms with Gasteiger partial charge in [0.05, 0.1) is 10.7 Å². The van der Waals surface area contributed by atoms with Crippen molar-refractivity contribution in [1.82, 2.24) is 15.2 Å². The van der Waals surface area contributed by atoms with Crippen molar-refractivity contribution in [2.45, 2.75) is 13.0 Å². The van der Waals surface area contributed by atoms with E-state index in [1.807, 2.05) is 30.3 Å². The monoisotopic (exact) mass is 436 g/mol. The number of nitrogens with zero attached hydrogens (tertiary/aromatic N) is 2. The van der Waals surface area contributed by atoms with Crippen LogP contribution in [0.25, 0.3) is 0 Å². The topological polar surface area (TPSA) is 83.6 Å². The van der Waals surface area contributed by atoms with Gasteiger partial charge in [-0.25, -0.2) is 4.79 Å². The lowest BCUT2D eigenvalue weighted by atomic mass is 10.00. The molecule has 31 heavy (non-hydrogen) atoms. The summed E-state index contributed by atoms with van der Waals surface area (Å²) in [7, 11) is 1.55. The van der Waals surface area contributed by atoms with Gasteiger partial charge in [0.2, 0.25) is 0 Å². The van der Waals surface area contributed by atoms with E-state index in [0.717, 1.165) is 12.0 Å². The number of halogens is 1. The van der Waals surface area contributed by atoms with Crippen molar-refractivity contribution in [2.24, 2.45) is 0 Å². The Balaban J connectivity index is 1.47. The molecule has 0 saturated heterocycles. The zero-order chi connectivity index (χ0) is 21.8. The summed E-state index contributed by atoms with van der Waals surface area (Å²) in [5.41, 5.74) is 3.05. The van der Waals surface area contributed by atoms with Crippen LogP contribution < -0.4 is 15.4 Å². The van der Waals surface area contributed by atoms with Gasteiger partial charge in [0, 0.05) is 32.4 Å². The van der Waals surface area contributed by atoms with E-state index in [1.54, 1.807) is 36.2 Å². The first-order valence-corrected chi connectivity index (χ1v) is 10.2. The van der Waals surface area contributed by atoms with Crippen LogP contribution in [-0.4, -0.2) is 35.4 Å². The maximum absolute atomic E-state index is 12.7. The van der Waals surface area contributed by atoms with Crippen LogP contribution in [0.1, 0.15) is 21.6 Å². The lowest BCUT2D eigenvalue weighted by Gasteiger charge is -2.29.